The Morgan fingerprint density at radius 2 is 2.00 bits per heavy atom. The van der Waals surface area contributed by atoms with E-state index in [1.54, 1.807) is 20.0 Å². The number of nitrogens with zero attached hydrogens (tertiary/aromatic N) is 4. The van der Waals surface area contributed by atoms with Crippen molar-refractivity contribution in [3.05, 3.63) is 47.1 Å². The Morgan fingerprint density at radius 1 is 1.21 bits per heavy atom. The van der Waals surface area contributed by atoms with Gasteiger partial charge in [0.1, 0.15) is 11.3 Å². The molecular formula is C22H28N4O3. The molecule has 2 aliphatic heterocycles. The maximum absolute atomic E-state index is 12.9. The van der Waals surface area contributed by atoms with Crippen molar-refractivity contribution in [3.8, 4) is 0 Å². The molecule has 7 nitrogen and oxygen atoms in total. The van der Waals surface area contributed by atoms with E-state index in [-0.39, 0.29) is 17.2 Å². The van der Waals surface area contributed by atoms with Crippen LogP contribution in [0.25, 0.3) is 0 Å². The third-order valence-corrected chi connectivity index (χ3v) is 6.47. The Hall–Kier alpha value is -2.70. The number of hydrogen-bond donors (Lipinski definition) is 0. The van der Waals surface area contributed by atoms with Gasteiger partial charge >= 0.3 is 0 Å². The number of pyridine rings is 1. The molecule has 4 rings (SSSR count). The zero-order chi connectivity index (χ0) is 20.4. The summed E-state index contributed by atoms with van der Waals surface area (Å²) in [5, 5.41) is 3.91. The maximum Gasteiger partial charge on any atom is 0.259 e. The fourth-order valence-electron chi connectivity index (χ4n) is 4.64. The quantitative estimate of drug-likeness (QED) is 0.794. The Kier molecular flexibility index (Phi) is 5.39. The number of amides is 2. The maximum atomic E-state index is 12.9. The number of carbonyl (C=O) groups excluding carboxylic acids is 2. The van der Waals surface area contributed by atoms with Gasteiger partial charge < -0.3 is 14.3 Å². The average molecular weight is 396 g/mol. The minimum Gasteiger partial charge on any atom is -0.361 e. The van der Waals surface area contributed by atoms with E-state index in [1.807, 2.05) is 28.0 Å². The molecule has 2 fully saturated rings. The number of aromatic nitrogens is 2. The number of piperidine rings is 2. The van der Waals surface area contributed by atoms with Crippen molar-refractivity contribution in [3.63, 3.8) is 0 Å². The van der Waals surface area contributed by atoms with Gasteiger partial charge in [-0.15, -0.1) is 0 Å². The number of rotatable bonds is 4. The van der Waals surface area contributed by atoms with Gasteiger partial charge in [-0.1, -0.05) is 11.2 Å². The lowest BCUT2D eigenvalue weighted by Gasteiger charge is -2.47. The van der Waals surface area contributed by atoms with Crippen molar-refractivity contribution in [2.24, 2.45) is 5.41 Å². The SMILES string of the molecule is Cc1noc(C)c1C(=O)N1CCC2(CCC(=O)N(CCc3ccccn3)C2)CC1. The number of aryl methyl sites for hydroxylation is 2. The van der Waals surface area contributed by atoms with Gasteiger partial charge in [0.05, 0.1) is 5.69 Å². The minimum atomic E-state index is 0.00925. The molecule has 0 saturated carbocycles. The largest absolute Gasteiger partial charge is 0.361 e. The highest BCUT2D eigenvalue weighted by Gasteiger charge is 2.42. The first-order valence-electron chi connectivity index (χ1n) is 10.4. The number of likely N-dealkylation sites (tertiary alicyclic amines) is 2. The van der Waals surface area contributed by atoms with Gasteiger partial charge in [-0.05, 0) is 50.7 Å². The molecule has 2 aliphatic rings. The van der Waals surface area contributed by atoms with Crippen molar-refractivity contribution >= 4 is 11.8 Å². The van der Waals surface area contributed by atoms with Crippen molar-refractivity contribution in [1.82, 2.24) is 19.9 Å². The molecule has 0 atom stereocenters. The number of hydrogen-bond acceptors (Lipinski definition) is 5. The van der Waals surface area contributed by atoms with Gasteiger partial charge in [-0.3, -0.25) is 14.6 Å². The molecule has 29 heavy (non-hydrogen) atoms. The van der Waals surface area contributed by atoms with Gasteiger partial charge in [0.25, 0.3) is 5.91 Å². The molecule has 0 aliphatic carbocycles. The first-order chi connectivity index (χ1) is 14.0. The van der Waals surface area contributed by atoms with Crippen LogP contribution in [0.15, 0.2) is 28.9 Å². The predicted octanol–water partition coefficient (Wildman–Crippen LogP) is 2.77. The summed E-state index contributed by atoms with van der Waals surface area (Å²) in [6.07, 6.45) is 5.93. The van der Waals surface area contributed by atoms with Gasteiger partial charge in [0.2, 0.25) is 5.91 Å². The molecule has 1 spiro atoms. The second-order valence-electron chi connectivity index (χ2n) is 8.38. The Morgan fingerprint density at radius 3 is 2.66 bits per heavy atom. The zero-order valence-corrected chi connectivity index (χ0v) is 17.2. The second-order valence-corrected chi connectivity index (χ2v) is 8.38. The Labute approximate surface area is 171 Å². The van der Waals surface area contributed by atoms with E-state index in [1.165, 1.54) is 0 Å². The van der Waals surface area contributed by atoms with Crippen LogP contribution in [0.5, 0.6) is 0 Å². The van der Waals surface area contributed by atoms with E-state index in [4.69, 9.17) is 4.52 Å². The summed E-state index contributed by atoms with van der Waals surface area (Å²) in [5.41, 5.74) is 2.38. The number of carbonyl (C=O) groups is 2. The summed E-state index contributed by atoms with van der Waals surface area (Å²) in [5.74, 6) is 0.826. The summed E-state index contributed by atoms with van der Waals surface area (Å²) in [6, 6.07) is 5.89. The molecular weight excluding hydrogens is 368 g/mol. The lowest BCUT2D eigenvalue weighted by molar-refractivity contribution is -0.138. The lowest BCUT2D eigenvalue weighted by atomic mass is 9.72. The summed E-state index contributed by atoms with van der Waals surface area (Å²) in [6.45, 7) is 6.51. The molecule has 0 N–H and O–H groups in total. The Bertz CT molecular complexity index is 865. The topological polar surface area (TPSA) is 79.5 Å². The van der Waals surface area contributed by atoms with E-state index in [0.717, 1.165) is 37.9 Å². The summed E-state index contributed by atoms with van der Waals surface area (Å²) in [4.78, 5) is 33.7. The highest BCUT2D eigenvalue weighted by molar-refractivity contribution is 5.96. The molecule has 0 bridgehead atoms. The molecule has 4 heterocycles. The predicted molar refractivity (Wildman–Crippen MR) is 107 cm³/mol. The van der Waals surface area contributed by atoms with Crippen LogP contribution in [0, 0.1) is 19.3 Å². The van der Waals surface area contributed by atoms with Crippen LogP contribution in [0.3, 0.4) is 0 Å². The van der Waals surface area contributed by atoms with Crippen molar-refractivity contribution in [1.29, 1.82) is 0 Å². The van der Waals surface area contributed by atoms with E-state index in [0.29, 0.717) is 43.1 Å². The third kappa shape index (κ3) is 4.04. The molecule has 2 saturated heterocycles. The summed E-state index contributed by atoms with van der Waals surface area (Å²) in [7, 11) is 0. The van der Waals surface area contributed by atoms with E-state index >= 15 is 0 Å². The molecule has 0 aromatic carbocycles. The molecule has 7 heteroatoms. The van der Waals surface area contributed by atoms with Crippen molar-refractivity contribution in [2.45, 2.75) is 46.0 Å². The standard InChI is InChI=1S/C22H28N4O3/c1-16-20(17(2)29-24-16)21(28)25-13-9-22(10-14-25)8-6-19(27)26(15-22)12-7-18-5-3-4-11-23-18/h3-5,11H,6-10,12-15H2,1-2H3. The van der Waals surface area contributed by atoms with E-state index in [2.05, 4.69) is 10.1 Å². The molecule has 154 valence electrons. The smallest absolute Gasteiger partial charge is 0.259 e. The minimum absolute atomic E-state index is 0.00925. The van der Waals surface area contributed by atoms with E-state index in [9.17, 15) is 9.59 Å². The molecule has 2 amide bonds. The van der Waals surface area contributed by atoms with Gasteiger partial charge in [-0.2, -0.15) is 0 Å². The van der Waals surface area contributed by atoms with Crippen LogP contribution in [0.2, 0.25) is 0 Å². The molecule has 2 aromatic rings. The van der Waals surface area contributed by atoms with Crippen LogP contribution in [0.4, 0.5) is 0 Å². The van der Waals surface area contributed by atoms with E-state index < -0.39 is 0 Å². The normalized spacial score (nSPS) is 19.0. The molecule has 0 radical (unpaired) electrons. The average Bonchev–Trinajstić information content (AvgIpc) is 3.08. The van der Waals surface area contributed by atoms with Crippen LogP contribution >= 0.6 is 0 Å². The van der Waals surface area contributed by atoms with Gasteiger partial charge in [0, 0.05) is 50.9 Å². The highest BCUT2D eigenvalue weighted by atomic mass is 16.5. The second kappa shape index (κ2) is 7.97. The van der Waals surface area contributed by atoms with Gasteiger partial charge in [0.15, 0.2) is 0 Å². The lowest BCUT2D eigenvalue weighted by Crippen LogP contribution is -2.52. The fraction of sp³-hybridized carbons (Fsp3) is 0.545. The van der Waals surface area contributed by atoms with Crippen molar-refractivity contribution < 1.29 is 14.1 Å². The van der Waals surface area contributed by atoms with Gasteiger partial charge in [-0.25, -0.2) is 0 Å². The molecule has 2 aromatic heterocycles. The van der Waals surface area contributed by atoms with Crippen LogP contribution in [-0.2, 0) is 11.2 Å². The Balaban J connectivity index is 1.37. The van der Waals surface area contributed by atoms with Crippen LogP contribution in [-0.4, -0.2) is 57.9 Å². The third-order valence-electron chi connectivity index (χ3n) is 6.47. The summed E-state index contributed by atoms with van der Waals surface area (Å²) >= 11 is 0. The fourth-order valence-corrected chi connectivity index (χ4v) is 4.64. The first kappa shape index (κ1) is 19.6. The highest BCUT2D eigenvalue weighted by Crippen LogP contribution is 2.40. The summed E-state index contributed by atoms with van der Waals surface area (Å²) < 4.78 is 5.16. The first-order valence-corrected chi connectivity index (χ1v) is 10.4. The van der Waals surface area contributed by atoms with Crippen LogP contribution < -0.4 is 0 Å². The van der Waals surface area contributed by atoms with Crippen molar-refractivity contribution in [2.75, 3.05) is 26.2 Å². The zero-order valence-electron chi connectivity index (χ0n) is 17.2. The molecule has 0 unspecified atom stereocenters. The monoisotopic (exact) mass is 396 g/mol. The van der Waals surface area contributed by atoms with Crippen LogP contribution in [0.1, 0.15) is 53.2 Å².